The molecule has 3 atom stereocenters. The van der Waals surface area contributed by atoms with Gasteiger partial charge in [0.1, 0.15) is 15.7 Å². The Labute approximate surface area is 366 Å². The van der Waals surface area contributed by atoms with Gasteiger partial charge in [0.05, 0.1) is 34.0 Å². The molecule has 3 unspecified atom stereocenters. The van der Waals surface area contributed by atoms with Crippen LogP contribution in [0.5, 0.6) is 0 Å². The number of allylic oxidation sites excluding steroid dienone is 2. The average molecular weight is 840 g/mol. The van der Waals surface area contributed by atoms with Crippen LogP contribution in [0, 0.1) is 55.7 Å². The topological polar surface area (TPSA) is 132 Å². The number of unbranched alkanes of at least 4 members (excludes halogenated alkanes) is 2. The molecular formula is C48H73N9S2. The zero-order chi connectivity index (χ0) is 43.8. The van der Waals surface area contributed by atoms with Gasteiger partial charge in [-0.05, 0) is 81.6 Å². The number of aromatic nitrogens is 3. The lowest BCUT2D eigenvalue weighted by Gasteiger charge is -2.57. The number of hydrogen-bond donors (Lipinski definition) is 3. The number of aryl methyl sites for hydroxylation is 2. The lowest BCUT2D eigenvalue weighted by molar-refractivity contribution is -0.0423. The van der Waals surface area contributed by atoms with Crippen molar-refractivity contribution in [3.8, 4) is 12.1 Å². The number of fused-ring (bicyclic) bond motifs is 3. The van der Waals surface area contributed by atoms with Crippen molar-refractivity contribution >= 4 is 56.1 Å². The summed E-state index contributed by atoms with van der Waals surface area (Å²) in [6.45, 7) is 35.2. The van der Waals surface area contributed by atoms with Crippen LogP contribution in [0.25, 0.3) is 21.9 Å². The number of rotatable bonds is 24. The van der Waals surface area contributed by atoms with Crippen molar-refractivity contribution in [3.63, 3.8) is 0 Å². The number of hydrogen-bond acceptors (Lipinski definition) is 9. The summed E-state index contributed by atoms with van der Waals surface area (Å²) in [5, 5.41) is 30.2. The molecule has 0 saturated carbocycles. The van der Waals surface area contributed by atoms with Gasteiger partial charge in [-0.2, -0.15) is 10.5 Å². The Morgan fingerprint density at radius 3 is 2.29 bits per heavy atom. The number of pyridine rings is 1. The van der Waals surface area contributed by atoms with Crippen molar-refractivity contribution in [2.24, 2.45) is 33.0 Å². The molecule has 0 spiro atoms. The van der Waals surface area contributed by atoms with E-state index in [2.05, 4.69) is 132 Å². The van der Waals surface area contributed by atoms with Gasteiger partial charge in [0.2, 0.25) is 0 Å². The number of benzene rings is 1. The number of nitrogens with zero attached hydrogens (tertiary/aromatic N) is 6. The largest absolute Gasteiger partial charge is 0.389 e. The summed E-state index contributed by atoms with van der Waals surface area (Å²) in [5.41, 5.74) is 8.21. The number of nitrogen functional groups attached to an aromatic ring is 1. The Morgan fingerprint density at radius 1 is 0.966 bits per heavy atom. The minimum absolute atomic E-state index is 0.414. The molecule has 59 heavy (non-hydrogen) atoms. The molecule has 0 amide bonds. The summed E-state index contributed by atoms with van der Waals surface area (Å²) in [4.78, 5) is 11.9. The fraction of sp³-hybridized carbons (Fsp3) is 0.646. The highest BCUT2D eigenvalue weighted by Crippen LogP contribution is 2.62. The van der Waals surface area contributed by atoms with E-state index < -0.39 is 27.1 Å². The monoisotopic (exact) mass is 840 g/mol. The van der Waals surface area contributed by atoms with Crippen LogP contribution < -0.4 is 16.4 Å². The van der Waals surface area contributed by atoms with E-state index in [1.54, 1.807) is 11.8 Å². The van der Waals surface area contributed by atoms with Crippen LogP contribution in [0.3, 0.4) is 0 Å². The van der Waals surface area contributed by atoms with E-state index in [0.29, 0.717) is 37.4 Å². The first-order valence-electron chi connectivity index (χ1n) is 21.8. The second-order valence-corrected chi connectivity index (χ2v) is 21.0. The highest BCUT2D eigenvalue weighted by Gasteiger charge is 2.58. The summed E-state index contributed by atoms with van der Waals surface area (Å²) in [7, 11) is 0. The molecule has 1 fully saturated rings. The van der Waals surface area contributed by atoms with Crippen LogP contribution in [0.2, 0.25) is 0 Å². The van der Waals surface area contributed by atoms with E-state index in [1.807, 2.05) is 12.1 Å². The van der Waals surface area contributed by atoms with Crippen molar-refractivity contribution in [3.05, 3.63) is 54.6 Å². The lowest BCUT2D eigenvalue weighted by Crippen LogP contribution is -2.54. The number of nitriles is 2. The molecule has 3 aromatic rings. The van der Waals surface area contributed by atoms with Gasteiger partial charge >= 0.3 is 0 Å². The Kier molecular flexibility index (Phi) is 16.0. The van der Waals surface area contributed by atoms with Crippen LogP contribution in [0.1, 0.15) is 126 Å². The van der Waals surface area contributed by atoms with E-state index in [-0.39, 0.29) is 0 Å². The summed E-state index contributed by atoms with van der Waals surface area (Å²) in [6.07, 6.45) is 7.71. The van der Waals surface area contributed by atoms with Gasteiger partial charge < -0.3 is 25.8 Å². The Morgan fingerprint density at radius 2 is 1.66 bits per heavy atom. The van der Waals surface area contributed by atoms with Gasteiger partial charge in [-0.15, -0.1) is 0 Å². The molecule has 4 N–H and O–H groups in total. The highest BCUT2D eigenvalue weighted by molar-refractivity contribution is 8.23. The molecule has 11 heteroatoms. The Balaban J connectivity index is 1.46. The first-order valence-corrected chi connectivity index (χ1v) is 23.2. The summed E-state index contributed by atoms with van der Waals surface area (Å²) in [6, 6.07) is 13.7. The van der Waals surface area contributed by atoms with Gasteiger partial charge in [-0.3, -0.25) is 0 Å². The fourth-order valence-electron chi connectivity index (χ4n) is 8.78. The summed E-state index contributed by atoms with van der Waals surface area (Å²) in [5.74, 6) is 2.99. The predicted octanol–water partition coefficient (Wildman–Crippen LogP) is 11.2. The number of imidazole rings is 1. The van der Waals surface area contributed by atoms with Crippen LogP contribution >= 0.6 is 24.0 Å². The average Bonchev–Trinajstić information content (AvgIpc) is 3.79. The van der Waals surface area contributed by atoms with Crippen LogP contribution in [-0.4, -0.2) is 55.7 Å². The highest BCUT2D eigenvalue weighted by atomic mass is 32.2. The molecule has 9 nitrogen and oxygen atoms in total. The molecule has 1 aliphatic rings. The van der Waals surface area contributed by atoms with E-state index >= 15 is 0 Å². The third kappa shape index (κ3) is 10.4. The van der Waals surface area contributed by atoms with Crippen molar-refractivity contribution in [1.29, 1.82) is 10.5 Å². The van der Waals surface area contributed by atoms with Crippen LogP contribution in [0.15, 0.2) is 48.8 Å². The maximum absolute atomic E-state index is 11.1. The number of para-hydroxylation sites is 1. The standard InChI is InChI=1S/C48H73N9S2/c1-13-14-21-39-55-40-41(37-19-15-16-20-38(37)54-42(40)51)57(39)26-18-17-25-52-35(4)22-23-47(11,33-50)45(8,9)48(12,36(5)53-30-34(2)3)31-44(6,7)46(10,32-49)24-27-56-28-29-59-43(56)58/h15-16,19-20,34,52-53H,4-5,13-14,17-18,21-31H2,1-3,6-12H3,(H2,51,54). The van der Waals surface area contributed by atoms with Crippen LogP contribution in [0.4, 0.5) is 5.82 Å². The van der Waals surface area contributed by atoms with E-state index in [0.717, 1.165) is 114 Å². The number of nitrogens with one attached hydrogen (secondary N) is 2. The molecule has 1 aromatic carbocycles. The van der Waals surface area contributed by atoms with Gasteiger partial charge in [0.25, 0.3) is 0 Å². The van der Waals surface area contributed by atoms with Gasteiger partial charge in [-0.1, -0.05) is 117 Å². The molecule has 4 rings (SSSR count). The molecule has 322 valence electrons. The predicted molar refractivity (Wildman–Crippen MR) is 255 cm³/mol. The summed E-state index contributed by atoms with van der Waals surface area (Å²) >= 11 is 7.33. The third-order valence-electron chi connectivity index (χ3n) is 14.2. The first kappa shape index (κ1) is 47.9. The summed E-state index contributed by atoms with van der Waals surface area (Å²) < 4.78 is 3.29. The fourth-order valence-corrected chi connectivity index (χ4v) is 10.1. The van der Waals surface area contributed by atoms with Crippen molar-refractivity contribution in [1.82, 2.24) is 30.1 Å². The molecular weight excluding hydrogens is 767 g/mol. The van der Waals surface area contributed by atoms with E-state index in [4.69, 9.17) is 22.9 Å². The smallest absolute Gasteiger partial charge is 0.152 e. The molecule has 1 aliphatic heterocycles. The van der Waals surface area contributed by atoms with Crippen molar-refractivity contribution in [2.75, 3.05) is 37.7 Å². The molecule has 0 radical (unpaired) electrons. The van der Waals surface area contributed by atoms with Crippen molar-refractivity contribution < 1.29 is 0 Å². The minimum Gasteiger partial charge on any atom is -0.389 e. The van der Waals surface area contributed by atoms with Crippen LogP contribution in [-0.2, 0) is 13.0 Å². The second-order valence-electron chi connectivity index (χ2n) is 19.2. The van der Waals surface area contributed by atoms with Crippen molar-refractivity contribution in [2.45, 2.75) is 134 Å². The molecule has 3 heterocycles. The minimum atomic E-state index is -0.732. The quantitative estimate of drug-likeness (QED) is 0.0592. The zero-order valence-corrected chi connectivity index (χ0v) is 39.6. The SMILES string of the molecule is C=C(CCC(C)(C#N)C(C)(C)C(C)(CC(C)(C)C(C)(C#N)CCN1CCSC1=S)C(=C)NCC(C)C)NCCCCn1c(CCCC)nc2c(N)nc3ccccc3c21. The maximum Gasteiger partial charge on any atom is 0.152 e. The first-order chi connectivity index (χ1) is 27.7. The maximum atomic E-state index is 11.1. The molecule has 2 aromatic heterocycles. The molecule has 0 aliphatic carbocycles. The van der Waals surface area contributed by atoms with Gasteiger partial charge in [0.15, 0.2) is 5.82 Å². The Hall–Kier alpha value is -3.80. The van der Waals surface area contributed by atoms with E-state index in [1.165, 1.54) is 0 Å². The lowest BCUT2D eigenvalue weighted by atomic mass is 9.46. The van der Waals surface area contributed by atoms with E-state index in [9.17, 15) is 10.5 Å². The normalized spacial score (nSPS) is 16.7. The zero-order valence-electron chi connectivity index (χ0n) is 38.0. The number of thioether (sulfide) groups is 1. The number of thiocarbonyl (C=S) groups is 1. The molecule has 1 saturated heterocycles. The van der Waals surface area contributed by atoms with Gasteiger partial charge in [-0.25, -0.2) is 9.97 Å². The van der Waals surface area contributed by atoms with Gasteiger partial charge in [0, 0.05) is 67.1 Å². The molecule has 0 bridgehead atoms. The number of nitrogens with two attached hydrogens (primary N) is 1. The third-order valence-corrected chi connectivity index (χ3v) is 15.7. The Bertz CT molecular complexity index is 2050. The number of anilines is 1. The second kappa shape index (κ2) is 19.7.